The van der Waals surface area contributed by atoms with Gasteiger partial charge in [-0.25, -0.2) is 18.4 Å². The number of benzene rings is 1. The van der Waals surface area contributed by atoms with Crippen LogP contribution >= 0.6 is 0 Å². The number of sulfonamides is 1. The number of nitrogens with zero attached hydrogens (tertiary/aromatic N) is 4. The maximum atomic E-state index is 12.9. The molecule has 0 aliphatic carbocycles. The van der Waals surface area contributed by atoms with E-state index in [4.69, 9.17) is 0 Å². The van der Waals surface area contributed by atoms with Gasteiger partial charge in [0.2, 0.25) is 16.0 Å². The van der Waals surface area contributed by atoms with Gasteiger partial charge in [-0.2, -0.15) is 4.31 Å². The maximum Gasteiger partial charge on any atom is 0.243 e. The molecule has 0 bridgehead atoms. The second kappa shape index (κ2) is 7.49. The molecule has 7 heteroatoms. The van der Waals surface area contributed by atoms with E-state index in [9.17, 15) is 8.42 Å². The Hall–Kier alpha value is -1.99. The zero-order valence-electron chi connectivity index (χ0n) is 14.7. The van der Waals surface area contributed by atoms with Crippen molar-refractivity contribution in [1.29, 1.82) is 0 Å². The summed E-state index contributed by atoms with van der Waals surface area (Å²) in [4.78, 5) is 10.8. The van der Waals surface area contributed by atoms with Gasteiger partial charge in [0.25, 0.3) is 0 Å². The zero-order valence-corrected chi connectivity index (χ0v) is 15.5. The van der Waals surface area contributed by atoms with Crippen molar-refractivity contribution in [1.82, 2.24) is 14.3 Å². The topological polar surface area (TPSA) is 66.4 Å². The Morgan fingerprint density at radius 1 is 1.04 bits per heavy atom. The van der Waals surface area contributed by atoms with E-state index in [1.54, 1.807) is 34.9 Å². The van der Waals surface area contributed by atoms with E-state index in [1.807, 2.05) is 17.0 Å². The van der Waals surface area contributed by atoms with Crippen LogP contribution in [0.2, 0.25) is 0 Å². The Morgan fingerprint density at radius 2 is 1.64 bits per heavy atom. The first-order valence-corrected chi connectivity index (χ1v) is 10.1. The molecule has 6 nitrogen and oxygen atoms in total. The van der Waals surface area contributed by atoms with Gasteiger partial charge in [-0.05, 0) is 36.1 Å². The molecule has 1 atom stereocenters. The van der Waals surface area contributed by atoms with Gasteiger partial charge < -0.3 is 4.90 Å². The molecule has 3 rings (SSSR count). The molecular weight excluding hydrogens is 336 g/mol. The first-order chi connectivity index (χ1) is 12.0. The molecule has 2 aromatic rings. The molecule has 1 aromatic heterocycles. The molecule has 134 valence electrons. The monoisotopic (exact) mass is 360 g/mol. The molecule has 0 spiro atoms. The number of anilines is 1. The van der Waals surface area contributed by atoms with Gasteiger partial charge in [0.15, 0.2) is 0 Å². The van der Waals surface area contributed by atoms with Gasteiger partial charge in [0.05, 0.1) is 4.90 Å². The first kappa shape index (κ1) is 17.8. The van der Waals surface area contributed by atoms with Crippen LogP contribution in [-0.2, 0) is 10.0 Å². The normalized spacial score (nSPS) is 17.4. The minimum absolute atomic E-state index is 0.365. The van der Waals surface area contributed by atoms with Crippen molar-refractivity contribution in [3.63, 3.8) is 0 Å². The molecule has 2 heterocycles. The van der Waals surface area contributed by atoms with E-state index >= 15 is 0 Å². The van der Waals surface area contributed by atoms with Gasteiger partial charge >= 0.3 is 0 Å². The fraction of sp³-hybridized carbons (Fsp3) is 0.444. The molecule has 1 aromatic carbocycles. The summed E-state index contributed by atoms with van der Waals surface area (Å²) < 4.78 is 27.3. The smallest absolute Gasteiger partial charge is 0.243 e. The molecule has 0 amide bonds. The lowest BCUT2D eigenvalue weighted by Crippen LogP contribution is -2.49. The summed E-state index contributed by atoms with van der Waals surface area (Å²) in [6.07, 6.45) is 4.43. The van der Waals surface area contributed by atoms with Crippen LogP contribution in [0.5, 0.6) is 0 Å². The van der Waals surface area contributed by atoms with E-state index in [2.05, 4.69) is 23.8 Å². The van der Waals surface area contributed by atoms with Crippen LogP contribution < -0.4 is 4.90 Å². The molecule has 1 aliphatic heterocycles. The highest BCUT2D eigenvalue weighted by molar-refractivity contribution is 7.89. The van der Waals surface area contributed by atoms with E-state index in [-0.39, 0.29) is 0 Å². The third kappa shape index (κ3) is 3.82. The fourth-order valence-corrected chi connectivity index (χ4v) is 4.36. The van der Waals surface area contributed by atoms with Gasteiger partial charge in [0.1, 0.15) is 0 Å². The molecule has 1 saturated heterocycles. The van der Waals surface area contributed by atoms with E-state index in [0.717, 1.165) is 6.42 Å². The Balaban J connectivity index is 1.69. The minimum atomic E-state index is -3.45. The van der Waals surface area contributed by atoms with Crippen LogP contribution in [0.25, 0.3) is 0 Å². The molecular formula is C18H24N4O2S. The molecule has 0 N–H and O–H groups in total. The molecule has 25 heavy (non-hydrogen) atoms. The lowest BCUT2D eigenvalue weighted by atomic mass is 9.99. The van der Waals surface area contributed by atoms with Crippen molar-refractivity contribution in [2.24, 2.45) is 0 Å². The number of hydrogen-bond acceptors (Lipinski definition) is 5. The summed E-state index contributed by atoms with van der Waals surface area (Å²) in [6.45, 7) is 6.34. The van der Waals surface area contributed by atoms with Crippen LogP contribution in [0.15, 0.2) is 47.6 Å². The van der Waals surface area contributed by atoms with Crippen molar-refractivity contribution in [3.8, 4) is 0 Å². The number of hydrogen-bond donors (Lipinski definition) is 0. The number of piperazine rings is 1. The molecule has 0 unspecified atom stereocenters. The Morgan fingerprint density at radius 3 is 2.20 bits per heavy atom. The lowest BCUT2D eigenvalue weighted by molar-refractivity contribution is 0.382. The standard InChI is InChI=1S/C18H24N4O2S/c1-3-15(2)16-5-7-17(8-6-16)25(23,24)22-13-11-21(12-14-22)18-19-9-4-10-20-18/h4-10,15H,3,11-14H2,1-2H3/t15-/m0/s1. The summed E-state index contributed by atoms with van der Waals surface area (Å²) >= 11 is 0. The van der Waals surface area contributed by atoms with E-state index in [0.29, 0.717) is 42.9 Å². The fourth-order valence-electron chi connectivity index (χ4n) is 2.94. The number of rotatable bonds is 5. The zero-order chi connectivity index (χ0) is 17.9. The third-order valence-corrected chi connectivity index (χ3v) is 6.69. The summed E-state index contributed by atoms with van der Waals surface area (Å²) in [7, 11) is -3.45. The highest BCUT2D eigenvalue weighted by Crippen LogP contribution is 2.23. The van der Waals surface area contributed by atoms with Gasteiger partial charge in [-0.3, -0.25) is 0 Å². The van der Waals surface area contributed by atoms with Crippen molar-refractivity contribution in [2.45, 2.75) is 31.1 Å². The van der Waals surface area contributed by atoms with Gasteiger partial charge in [-0.15, -0.1) is 0 Å². The van der Waals surface area contributed by atoms with Crippen LogP contribution in [0.4, 0.5) is 5.95 Å². The average molecular weight is 360 g/mol. The SMILES string of the molecule is CC[C@H](C)c1ccc(S(=O)(=O)N2CCN(c3ncccn3)CC2)cc1. The second-order valence-electron chi connectivity index (χ2n) is 6.32. The molecule has 0 radical (unpaired) electrons. The largest absolute Gasteiger partial charge is 0.338 e. The summed E-state index contributed by atoms with van der Waals surface area (Å²) in [5.74, 6) is 1.09. The lowest BCUT2D eigenvalue weighted by Gasteiger charge is -2.33. The van der Waals surface area contributed by atoms with Gasteiger partial charge in [-0.1, -0.05) is 26.0 Å². The maximum absolute atomic E-state index is 12.9. The second-order valence-corrected chi connectivity index (χ2v) is 8.26. The predicted octanol–water partition coefficient (Wildman–Crippen LogP) is 2.50. The minimum Gasteiger partial charge on any atom is -0.338 e. The predicted molar refractivity (Wildman–Crippen MR) is 98.2 cm³/mol. The summed E-state index contributed by atoms with van der Waals surface area (Å²) in [5, 5.41) is 0. The van der Waals surface area contributed by atoms with Crippen molar-refractivity contribution in [3.05, 3.63) is 48.3 Å². The Kier molecular flexibility index (Phi) is 5.34. The summed E-state index contributed by atoms with van der Waals surface area (Å²) in [5.41, 5.74) is 1.17. The van der Waals surface area contributed by atoms with E-state index in [1.165, 1.54) is 5.56 Å². The van der Waals surface area contributed by atoms with Crippen molar-refractivity contribution >= 4 is 16.0 Å². The third-order valence-electron chi connectivity index (χ3n) is 4.77. The van der Waals surface area contributed by atoms with Crippen LogP contribution in [0.1, 0.15) is 31.7 Å². The summed E-state index contributed by atoms with van der Waals surface area (Å²) in [6, 6.07) is 9.07. The first-order valence-electron chi connectivity index (χ1n) is 8.64. The van der Waals surface area contributed by atoms with Crippen LogP contribution in [0, 0.1) is 0 Å². The van der Waals surface area contributed by atoms with E-state index < -0.39 is 10.0 Å². The highest BCUT2D eigenvalue weighted by Gasteiger charge is 2.29. The Labute approximate surface area is 149 Å². The quantitative estimate of drug-likeness (QED) is 0.820. The highest BCUT2D eigenvalue weighted by atomic mass is 32.2. The van der Waals surface area contributed by atoms with Gasteiger partial charge in [0, 0.05) is 38.6 Å². The average Bonchev–Trinajstić information content (AvgIpc) is 2.68. The molecule has 1 aliphatic rings. The molecule has 1 fully saturated rings. The van der Waals surface area contributed by atoms with Crippen LogP contribution in [0.3, 0.4) is 0 Å². The van der Waals surface area contributed by atoms with Crippen LogP contribution in [-0.4, -0.2) is 48.9 Å². The number of aromatic nitrogens is 2. The van der Waals surface area contributed by atoms with Crippen molar-refractivity contribution < 1.29 is 8.42 Å². The Bertz CT molecular complexity index is 786. The van der Waals surface area contributed by atoms with Crippen molar-refractivity contribution in [2.75, 3.05) is 31.1 Å². The molecule has 0 saturated carbocycles.